The first-order chi connectivity index (χ1) is 16.1. The predicted molar refractivity (Wildman–Crippen MR) is 125 cm³/mol. The van der Waals surface area contributed by atoms with Gasteiger partial charge in [-0.3, -0.25) is 19.4 Å². The maximum atomic E-state index is 13.3. The zero-order valence-corrected chi connectivity index (χ0v) is 18.5. The molecule has 1 saturated carbocycles. The van der Waals surface area contributed by atoms with Crippen molar-refractivity contribution in [3.05, 3.63) is 78.5 Å². The van der Waals surface area contributed by atoms with Crippen LogP contribution in [0.5, 0.6) is 0 Å². The smallest absolute Gasteiger partial charge is 0.274 e. The second-order valence-electron chi connectivity index (χ2n) is 8.13. The van der Waals surface area contributed by atoms with Crippen molar-refractivity contribution in [2.24, 2.45) is 0 Å². The maximum absolute atomic E-state index is 13.3. The summed E-state index contributed by atoms with van der Waals surface area (Å²) in [6.45, 7) is 1.87. The molecule has 5 rings (SSSR count). The van der Waals surface area contributed by atoms with Crippen molar-refractivity contribution in [2.45, 2.75) is 31.9 Å². The van der Waals surface area contributed by atoms with Gasteiger partial charge in [0, 0.05) is 37.5 Å². The molecule has 1 amide bonds. The van der Waals surface area contributed by atoms with Gasteiger partial charge in [0.2, 0.25) is 0 Å². The van der Waals surface area contributed by atoms with Crippen LogP contribution in [-0.2, 0) is 4.74 Å². The molecule has 8 heteroatoms. The van der Waals surface area contributed by atoms with E-state index in [9.17, 15) is 4.79 Å². The number of anilines is 1. The van der Waals surface area contributed by atoms with Crippen LogP contribution in [0, 0.1) is 6.92 Å². The average molecular weight is 441 g/mol. The number of nitrogens with one attached hydrogen (secondary N) is 1. The molecule has 4 aromatic heterocycles. The largest absolute Gasteiger partial charge is 0.381 e. The normalized spacial score (nSPS) is 17.4. The van der Waals surface area contributed by atoms with Gasteiger partial charge in [-0.05, 0) is 55.7 Å². The van der Waals surface area contributed by atoms with Gasteiger partial charge < -0.3 is 10.1 Å². The van der Waals surface area contributed by atoms with E-state index in [-0.39, 0.29) is 18.1 Å². The highest BCUT2D eigenvalue weighted by Gasteiger charge is 2.32. The summed E-state index contributed by atoms with van der Waals surface area (Å²) in [5, 5.41) is 7.78. The van der Waals surface area contributed by atoms with Crippen molar-refractivity contribution in [3.8, 4) is 22.6 Å². The minimum absolute atomic E-state index is 0.233. The van der Waals surface area contributed by atoms with Crippen molar-refractivity contribution >= 4 is 11.6 Å². The number of hydrogen-bond acceptors (Lipinski definition) is 6. The van der Waals surface area contributed by atoms with Gasteiger partial charge in [-0.1, -0.05) is 12.1 Å². The lowest BCUT2D eigenvalue weighted by molar-refractivity contribution is 0.00256. The van der Waals surface area contributed by atoms with Gasteiger partial charge in [-0.15, -0.1) is 0 Å². The fraction of sp³-hybridized carbons (Fsp3) is 0.240. The molecule has 0 spiro atoms. The van der Waals surface area contributed by atoms with E-state index in [0.29, 0.717) is 28.5 Å². The second-order valence-corrected chi connectivity index (χ2v) is 8.13. The lowest BCUT2D eigenvalue weighted by Crippen LogP contribution is -2.32. The molecular weight excluding hydrogens is 416 g/mol. The molecule has 0 bridgehead atoms. The van der Waals surface area contributed by atoms with Gasteiger partial charge >= 0.3 is 0 Å². The van der Waals surface area contributed by atoms with Crippen LogP contribution in [0.2, 0.25) is 0 Å². The quantitative estimate of drug-likeness (QED) is 0.480. The molecule has 4 heterocycles. The third kappa shape index (κ3) is 4.25. The van der Waals surface area contributed by atoms with Crippen LogP contribution in [-0.4, -0.2) is 43.9 Å². The Labute approximate surface area is 191 Å². The van der Waals surface area contributed by atoms with Crippen LogP contribution < -0.4 is 5.32 Å². The molecule has 0 radical (unpaired) electrons. The summed E-state index contributed by atoms with van der Waals surface area (Å²) in [6.07, 6.45) is 9.06. The number of hydrogen-bond donors (Lipinski definition) is 1. The Bertz CT molecular complexity index is 1270. The highest BCUT2D eigenvalue weighted by Crippen LogP contribution is 2.36. The minimum atomic E-state index is -0.293. The van der Waals surface area contributed by atoms with E-state index in [2.05, 4.69) is 20.3 Å². The number of aromatic nitrogens is 5. The number of carbonyl (C=O) groups excluding carboxylic acids is 1. The first kappa shape index (κ1) is 21.0. The van der Waals surface area contributed by atoms with Gasteiger partial charge in [0.25, 0.3) is 5.91 Å². The van der Waals surface area contributed by atoms with Gasteiger partial charge in [-0.2, -0.15) is 5.10 Å². The monoisotopic (exact) mass is 440 g/mol. The maximum Gasteiger partial charge on any atom is 0.274 e. The Morgan fingerprint density at radius 2 is 1.97 bits per heavy atom. The van der Waals surface area contributed by atoms with E-state index in [1.807, 2.05) is 60.3 Å². The SMILES string of the molecule is COC1CC(n2cc(NC(=O)c3nc(-c4cccnc4)ccc3C)c(-c3ccccn3)n2)C1. The van der Waals surface area contributed by atoms with Crippen LogP contribution in [0.1, 0.15) is 34.9 Å². The van der Waals surface area contributed by atoms with Gasteiger partial charge in [0.15, 0.2) is 0 Å². The zero-order chi connectivity index (χ0) is 22.8. The summed E-state index contributed by atoms with van der Waals surface area (Å²) in [5.41, 5.74) is 4.63. The minimum Gasteiger partial charge on any atom is -0.381 e. The number of aryl methyl sites for hydroxylation is 1. The molecule has 166 valence electrons. The van der Waals surface area contributed by atoms with Crippen LogP contribution in [0.3, 0.4) is 0 Å². The molecule has 0 atom stereocenters. The topological polar surface area (TPSA) is 94.8 Å². The molecule has 4 aromatic rings. The Morgan fingerprint density at radius 3 is 2.70 bits per heavy atom. The van der Waals surface area contributed by atoms with Crippen LogP contribution in [0.15, 0.2) is 67.3 Å². The van der Waals surface area contributed by atoms with Crippen molar-refractivity contribution in [3.63, 3.8) is 0 Å². The second kappa shape index (κ2) is 8.91. The number of ether oxygens (including phenoxy) is 1. The molecule has 1 N–H and O–H groups in total. The van der Waals surface area contributed by atoms with Gasteiger partial charge in [0.1, 0.15) is 11.4 Å². The summed E-state index contributed by atoms with van der Waals surface area (Å²) in [7, 11) is 1.73. The van der Waals surface area contributed by atoms with Crippen LogP contribution in [0.25, 0.3) is 22.6 Å². The summed E-state index contributed by atoms with van der Waals surface area (Å²) < 4.78 is 7.31. The molecule has 0 aromatic carbocycles. The number of rotatable bonds is 6. The van der Waals surface area contributed by atoms with E-state index in [1.165, 1.54) is 0 Å². The van der Waals surface area contributed by atoms with Crippen molar-refractivity contribution in [2.75, 3.05) is 12.4 Å². The first-order valence-corrected chi connectivity index (χ1v) is 10.8. The van der Waals surface area contributed by atoms with Crippen molar-refractivity contribution < 1.29 is 9.53 Å². The van der Waals surface area contributed by atoms with Gasteiger partial charge in [-0.25, -0.2) is 4.98 Å². The van der Waals surface area contributed by atoms with Crippen molar-refractivity contribution in [1.82, 2.24) is 24.7 Å². The molecule has 1 aliphatic rings. The molecule has 0 aliphatic heterocycles. The summed E-state index contributed by atoms with van der Waals surface area (Å²) in [6, 6.07) is 13.4. The Hall–Kier alpha value is -3.91. The number of pyridine rings is 3. The Balaban J connectivity index is 1.46. The Kier molecular flexibility index (Phi) is 5.66. The number of methoxy groups -OCH3 is 1. The first-order valence-electron chi connectivity index (χ1n) is 10.8. The molecule has 1 aliphatic carbocycles. The average Bonchev–Trinajstić information content (AvgIpc) is 3.23. The number of nitrogens with zero attached hydrogens (tertiary/aromatic N) is 5. The van der Waals surface area contributed by atoms with E-state index >= 15 is 0 Å². The lowest BCUT2D eigenvalue weighted by atomic mass is 9.89. The predicted octanol–water partition coefficient (Wildman–Crippen LogP) is 4.31. The molecular formula is C25H24N6O2. The molecule has 0 saturated heterocycles. The van der Waals surface area contributed by atoms with E-state index < -0.39 is 0 Å². The molecule has 8 nitrogen and oxygen atoms in total. The third-order valence-corrected chi connectivity index (χ3v) is 5.93. The van der Waals surface area contributed by atoms with E-state index in [1.54, 1.807) is 25.7 Å². The summed E-state index contributed by atoms with van der Waals surface area (Å²) in [5.74, 6) is -0.293. The summed E-state index contributed by atoms with van der Waals surface area (Å²) in [4.78, 5) is 26.5. The fourth-order valence-corrected chi connectivity index (χ4v) is 3.92. The number of amides is 1. The van der Waals surface area contributed by atoms with E-state index in [0.717, 1.165) is 24.0 Å². The lowest BCUT2D eigenvalue weighted by Gasteiger charge is -2.34. The van der Waals surface area contributed by atoms with Crippen LogP contribution in [0.4, 0.5) is 5.69 Å². The Morgan fingerprint density at radius 1 is 1.09 bits per heavy atom. The highest BCUT2D eigenvalue weighted by atomic mass is 16.5. The molecule has 0 unspecified atom stereocenters. The zero-order valence-electron chi connectivity index (χ0n) is 18.5. The van der Waals surface area contributed by atoms with Crippen LogP contribution >= 0.6 is 0 Å². The van der Waals surface area contributed by atoms with Crippen molar-refractivity contribution in [1.29, 1.82) is 0 Å². The standard InChI is InChI=1S/C25H24N6O2/c1-16-8-9-20(17-6-5-10-26-14-17)28-23(16)25(32)29-22-15-31(18-12-19(13-18)33-2)30-24(22)21-7-3-4-11-27-21/h3-11,14-15,18-19H,12-13H2,1-2H3,(H,29,32). The molecule has 33 heavy (non-hydrogen) atoms. The highest BCUT2D eigenvalue weighted by molar-refractivity contribution is 6.05. The summed E-state index contributed by atoms with van der Waals surface area (Å²) >= 11 is 0. The number of carbonyl (C=O) groups is 1. The molecule has 1 fully saturated rings. The van der Waals surface area contributed by atoms with E-state index in [4.69, 9.17) is 9.84 Å². The fourth-order valence-electron chi connectivity index (χ4n) is 3.92. The third-order valence-electron chi connectivity index (χ3n) is 5.93. The van der Waals surface area contributed by atoms with Gasteiger partial charge in [0.05, 0.1) is 29.2 Å².